The Kier molecular flexibility index (Phi) is 3.72. The molecular weight excluding hydrogens is 218 g/mol. The van der Waals surface area contributed by atoms with Crippen LogP contribution in [-0.4, -0.2) is 35.2 Å². The van der Waals surface area contributed by atoms with Crippen LogP contribution in [-0.2, 0) is 4.79 Å². The van der Waals surface area contributed by atoms with Crippen molar-refractivity contribution < 1.29 is 9.90 Å². The lowest BCUT2D eigenvalue weighted by molar-refractivity contribution is -0.131. The molecule has 0 unspecified atom stereocenters. The number of aliphatic carboxylic acids is 1. The molecule has 5 nitrogen and oxygen atoms in total. The molecule has 0 amide bonds. The molecule has 1 aliphatic heterocycles. The van der Waals surface area contributed by atoms with E-state index in [1.807, 2.05) is 12.1 Å². The summed E-state index contributed by atoms with van der Waals surface area (Å²) in [5, 5.41) is 15.1. The number of rotatable bonds is 4. The molecule has 0 aliphatic carbocycles. The number of aromatic nitrogens is 1. The minimum Gasteiger partial charge on any atom is -0.478 e. The molecule has 17 heavy (non-hydrogen) atoms. The van der Waals surface area contributed by atoms with E-state index >= 15 is 0 Å². The summed E-state index contributed by atoms with van der Waals surface area (Å²) in [5.41, 5.74) is 0.780. The largest absolute Gasteiger partial charge is 0.478 e. The van der Waals surface area contributed by atoms with E-state index in [0.717, 1.165) is 37.0 Å². The van der Waals surface area contributed by atoms with Crippen LogP contribution in [0.5, 0.6) is 0 Å². The van der Waals surface area contributed by atoms with Crippen LogP contribution in [0.4, 0.5) is 5.82 Å². The Morgan fingerprint density at radius 3 is 3.06 bits per heavy atom. The maximum atomic E-state index is 10.3. The van der Waals surface area contributed by atoms with Crippen LogP contribution >= 0.6 is 0 Å². The van der Waals surface area contributed by atoms with Crippen molar-refractivity contribution in [2.45, 2.75) is 12.5 Å². The highest BCUT2D eigenvalue weighted by atomic mass is 16.4. The van der Waals surface area contributed by atoms with Crippen LogP contribution in [0.15, 0.2) is 24.4 Å². The van der Waals surface area contributed by atoms with Gasteiger partial charge in [0.2, 0.25) is 0 Å². The first-order chi connectivity index (χ1) is 8.24. The van der Waals surface area contributed by atoms with Gasteiger partial charge in [-0.1, -0.05) is 0 Å². The van der Waals surface area contributed by atoms with E-state index < -0.39 is 5.97 Å². The number of nitrogens with zero attached hydrogens (tertiary/aromatic N) is 1. The second kappa shape index (κ2) is 5.45. The average molecular weight is 233 g/mol. The molecule has 1 fully saturated rings. The molecule has 0 spiro atoms. The first-order valence-electron chi connectivity index (χ1n) is 5.58. The van der Waals surface area contributed by atoms with Crippen LogP contribution in [0, 0.1) is 0 Å². The lowest BCUT2D eigenvalue weighted by Crippen LogP contribution is -2.22. The highest BCUT2D eigenvalue weighted by molar-refractivity contribution is 5.85. The van der Waals surface area contributed by atoms with E-state index in [1.165, 1.54) is 6.08 Å². The monoisotopic (exact) mass is 233 g/mol. The third kappa shape index (κ3) is 3.57. The van der Waals surface area contributed by atoms with Gasteiger partial charge >= 0.3 is 5.97 Å². The first-order valence-corrected chi connectivity index (χ1v) is 5.58. The predicted octanol–water partition coefficient (Wildman–Crippen LogP) is 0.953. The number of nitrogens with one attached hydrogen (secondary N) is 2. The molecule has 0 radical (unpaired) electrons. The zero-order chi connectivity index (χ0) is 12.1. The van der Waals surface area contributed by atoms with E-state index in [9.17, 15) is 4.79 Å². The number of carboxylic acid groups (broad SMARTS) is 1. The van der Waals surface area contributed by atoms with Gasteiger partial charge in [0.1, 0.15) is 5.82 Å². The molecule has 1 aliphatic rings. The minimum absolute atomic E-state index is 0.433. The minimum atomic E-state index is -0.954. The van der Waals surface area contributed by atoms with E-state index in [-0.39, 0.29) is 0 Å². The van der Waals surface area contributed by atoms with E-state index in [4.69, 9.17) is 5.11 Å². The average Bonchev–Trinajstić information content (AvgIpc) is 2.81. The van der Waals surface area contributed by atoms with Gasteiger partial charge in [-0.25, -0.2) is 9.78 Å². The van der Waals surface area contributed by atoms with E-state index in [1.54, 1.807) is 6.20 Å². The molecule has 2 heterocycles. The lowest BCUT2D eigenvalue weighted by Gasteiger charge is -2.11. The maximum absolute atomic E-state index is 10.3. The highest BCUT2D eigenvalue weighted by Crippen LogP contribution is 2.10. The summed E-state index contributed by atoms with van der Waals surface area (Å²) in [7, 11) is 0. The van der Waals surface area contributed by atoms with Crippen LogP contribution in [0.2, 0.25) is 0 Å². The number of carboxylic acids is 1. The Hall–Kier alpha value is -1.88. The fourth-order valence-corrected chi connectivity index (χ4v) is 1.74. The number of hydrogen-bond donors (Lipinski definition) is 3. The van der Waals surface area contributed by atoms with Crippen molar-refractivity contribution in [2.75, 3.05) is 18.4 Å². The Labute approximate surface area is 99.6 Å². The van der Waals surface area contributed by atoms with Gasteiger partial charge in [0.25, 0.3) is 0 Å². The summed E-state index contributed by atoms with van der Waals surface area (Å²) in [6.07, 6.45) is 5.38. The zero-order valence-electron chi connectivity index (χ0n) is 9.39. The van der Waals surface area contributed by atoms with Crippen molar-refractivity contribution in [3.05, 3.63) is 30.0 Å². The molecule has 90 valence electrons. The Morgan fingerprint density at radius 1 is 1.59 bits per heavy atom. The Balaban J connectivity index is 1.95. The van der Waals surface area contributed by atoms with Gasteiger partial charge in [-0.05, 0) is 36.7 Å². The van der Waals surface area contributed by atoms with Crippen LogP contribution < -0.4 is 10.6 Å². The fraction of sp³-hybridized carbons (Fsp3) is 0.333. The van der Waals surface area contributed by atoms with Crippen LogP contribution in [0.3, 0.4) is 0 Å². The van der Waals surface area contributed by atoms with Crippen molar-refractivity contribution in [3.8, 4) is 0 Å². The smallest absolute Gasteiger partial charge is 0.328 e. The zero-order valence-corrected chi connectivity index (χ0v) is 9.39. The molecule has 1 saturated heterocycles. The van der Waals surface area contributed by atoms with Crippen molar-refractivity contribution in [1.82, 2.24) is 10.3 Å². The molecule has 1 aromatic rings. The molecule has 1 aromatic heterocycles. The first kappa shape index (κ1) is 11.6. The quantitative estimate of drug-likeness (QED) is 0.675. The van der Waals surface area contributed by atoms with Crippen molar-refractivity contribution in [3.63, 3.8) is 0 Å². The Bertz CT molecular complexity index is 408. The van der Waals surface area contributed by atoms with Gasteiger partial charge in [0.05, 0.1) is 0 Å². The standard InChI is InChI=1S/C12H15N3O2/c16-12(17)4-2-9-1-3-11(14-7-9)15-10-5-6-13-8-10/h1-4,7,10,13H,5-6,8H2,(H,14,15)(H,16,17)/t10-/m1/s1. The van der Waals surface area contributed by atoms with Gasteiger partial charge < -0.3 is 15.7 Å². The molecule has 2 rings (SSSR count). The number of pyridine rings is 1. The van der Waals surface area contributed by atoms with Gasteiger partial charge in [-0.3, -0.25) is 0 Å². The van der Waals surface area contributed by atoms with Crippen molar-refractivity contribution in [2.24, 2.45) is 0 Å². The number of anilines is 1. The van der Waals surface area contributed by atoms with Gasteiger partial charge in [-0.2, -0.15) is 0 Å². The number of carbonyl (C=O) groups is 1. The number of hydrogen-bond acceptors (Lipinski definition) is 4. The summed E-state index contributed by atoms with van der Waals surface area (Å²) in [5.74, 6) is -0.129. The molecule has 3 N–H and O–H groups in total. The van der Waals surface area contributed by atoms with Gasteiger partial charge in [-0.15, -0.1) is 0 Å². The fourth-order valence-electron chi connectivity index (χ4n) is 1.74. The third-order valence-electron chi connectivity index (χ3n) is 2.62. The van der Waals surface area contributed by atoms with Gasteiger partial charge in [0.15, 0.2) is 0 Å². The molecule has 0 bridgehead atoms. The summed E-state index contributed by atoms with van der Waals surface area (Å²) >= 11 is 0. The lowest BCUT2D eigenvalue weighted by atomic mass is 10.2. The predicted molar refractivity (Wildman–Crippen MR) is 65.8 cm³/mol. The van der Waals surface area contributed by atoms with E-state index in [0.29, 0.717) is 6.04 Å². The van der Waals surface area contributed by atoms with Crippen LogP contribution in [0.25, 0.3) is 6.08 Å². The van der Waals surface area contributed by atoms with Crippen LogP contribution in [0.1, 0.15) is 12.0 Å². The van der Waals surface area contributed by atoms with Crippen molar-refractivity contribution in [1.29, 1.82) is 0 Å². The second-order valence-electron chi connectivity index (χ2n) is 3.98. The molecule has 5 heteroatoms. The molecular formula is C12H15N3O2. The highest BCUT2D eigenvalue weighted by Gasteiger charge is 2.13. The van der Waals surface area contributed by atoms with Gasteiger partial charge in [0, 0.05) is 24.9 Å². The summed E-state index contributed by atoms with van der Waals surface area (Å²) in [6.45, 7) is 2.00. The summed E-state index contributed by atoms with van der Waals surface area (Å²) in [4.78, 5) is 14.6. The summed E-state index contributed by atoms with van der Waals surface area (Å²) < 4.78 is 0. The summed E-state index contributed by atoms with van der Waals surface area (Å²) in [6, 6.07) is 4.14. The van der Waals surface area contributed by atoms with Crippen molar-refractivity contribution >= 4 is 17.9 Å². The molecule has 0 saturated carbocycles. The molecule has 0 aromatic carbocycles. The Morgan fingerprint density at radius 2 is 2.47 bits per heavy atom. The SMILES string of the molecule is O=C(O)C=Cc1ccc(N[C@@H]2CCNC2)nc1. The second-order valence-corrected chi connectivity index (χ2v) is 3.98. The van der Waals surface area contributed by atoms with E-state index in [2.05, 4.69) is 15.6 Å². The molecule has 1 atom stereocenters. The third-order valence-corrected chi connectivity index (χ3v) is 2.62. The topological polar surface area (TPSA) is 74.2 Å². The normalized spacial score (nSPS) is 19.6. The maximum Gasteiger partial charge on any atom is 0.328 e.